The summed E-state index contributed by atoms with van der Waals surface area (Å²) in [6.45, 7) is 1.76. The van der Waals surface area contributed by atoms with Gasteiger partial charge < -0.3 is 10.3 Å². The highest BCUT2D eigenvalue weighted by molar-refractivity contribution is 6.04. The van der Waals surface area contributed by atoms with E-state index in [0.29, 0.717) is 0 Å². The Morgan fingerprint density at radius 1 is 1.28 bits per heavy atom. The van der Waals surface area contributed by atoms with Crippen molar-refractivity contribution in [3.05, 3.63) is 63.8 Å². The summed E-state index contributed by atoms with van der Waals surface area (Å²) in [6.07, 6.45) is 1.36. The highest BCUT2D eigenvalue weighted by Gasteiger charge is 2.09. The minimum Gasteiger partial charge on any atom is -0.329 e. The summed E-state index contributed by atoms with van der Waals surface area (Å²) in [7, 11) is 0. The summed E-state index contributed by atoms with van der Waals surface area (Å²) in [4.78, 5) is 25.2. The number of amides is 1. The summed E-state index contributed by atoms with van der Waals surface area (Å²) in [5.74, 6) is -1.03. The Bertz CT molecular complexity index is 649. The molecule has 4 nitrogen and oxygen atoms in total. The molecule has 0 aliphatic heterocycles. The van der Waals surface area contributed by atoms with Crippen LogP contribution in [0.25, 0.3) is 0 Å². The Morgan fingerprint density at radius 3 is 2.72 bits per heavy atom. The fourth-order valence-electron chi connectivity index (χ4n) is 1.50. The quantitative estimate of drug-likeness (QED) is 0.852. The van der Waals surface area contributed by atoms with E-state index in [2.05, 4.69) is 10.3 Å². The lowest BCUT2D eigenvalue weighted by Gasteiger charge is -2.06. The van der Waals surface area contributed by atoms with E-state index in [4.69, 9.17) is 0 Å². The standard InChI is InChI=1S/C13H11FN2O2/c1-8-2-3-11(10(14)6-8)16-13(18)9-4-5-15-12(17)7-9/h2-7H,1H3,(H,15,17)(H,16,18). The lowest BCUT2D eigenvalue weighted by atomic mass is 10.2. The number of hydrogen-bond acceptors (Lipinski definition) is 2. The van der Waals surface area contributed by atoms with Crippen molar-refractivity contribution in [3.8, 4) is 0 Å². The molecule has 2 N–H and O–H groups in total. The monoisotopic (exact) mass is 246 g/mol. The molecule has 0 saturated heterocycles. The Labute approximate surface area is 102 Å². The molecule has 0 spiro atoms. The summed E-state index contributed by atoms with van der Waals surface area (Å²) in [6, 6.07) is 7.10. The van der Waals surface area contributed by atoms with Gasteiger partial charge in [0.15, 0.2) is 0 Å². The second-order valence-electron chi connectivity index (χ2n) is 3.88. The van der Waals surface area contributed by atoms with Gasteiger partial charge >= 0.3 is 0 Å². The van der Waals surface area contributed by atoms with Gasteiger partial charge in [-0.25, -0.2) is 4.39 Å². The van der Waals surface area contributed by atoms with Gasteiger partial charge in [-0.3, -0.25) is 9.59 Å². The Balaban J connectivity index is 2.24. The zero-order chi connectivity index (χ0) is 13.1. The number of aromatic amines is 1. The minimum atomic E-state index is -0.524. The minimum absolute atomic E-state index is 0.0888. The van der Waals surface area contributed by atoms with Gasteiger partial charge in [-0.05, 0) is 30.7 Å². The number of nitrogens with one attached hydrogen (secondary N) is 2. The lowest BCUT2D eigenvalue weighted by Crippen LogP contribution is -2.16. The normalized spacial score (nSPS) is 10.1. The van der Waals surface area contributed by atoms with Crippen molar-refractivity contribution in [2.75, 3.05) is 5.32 Å². The van der Waals surface area contributed by atoms with E-state index in [-0.39, 0.29) is 16.8 Å². The molecular weight excluding hydrogens is 235 g/mol. The lowest BCUT2D eigenvalue weighted by molar-refractivity contribution is 0.102. The first-order chi connectivity index (χ1) is 8.56. The van der Waals surface area contributed by atoms with Crippen molar-refractivity contribution in [1.29, 1.82) is 0 Å². The molecule has 0 atom stereocenters. The third-order valence-electron chi connectivity index (χ3n) is 2.41. The molecule has 5 heteroatoms. The summed E-state index contributed by atoms with van der Waals surface area (Å²) in [5.41, 5.74) is 0.651. The second kappa shape index (κ2) is 4.83. The molecule has 0 fully saturated rings. The van der Waals surface area contributed by atoms with Crippen LogP contribution in [0.2, 0.25) is 0 Å². The fourth-order valence-corrected chi connectivity index (χ4v) is 1.50. The second-order valence-corrected chi connectivity index (χ2v) is 3.88. The molecule has 0 aliphatic rings. The first-order valence-corrected chi connectivity index (χ1v) is 5.32. The van der Waals surface area contributed by atoms with Crippen LogP contribution < -0.4 is 10.9 Å². The van der Waals surface area contributed by atoms with Crippen LogP contribution in [0.5, 0.6) is 0 Å². The first kappa shape index (κ1) is 12.0. The van der Waals surface area contributed by atoms with Crippen LogP contribution in [0.15, 0.2) is 41.3 Å². The molecule has 0 saturated carbocycles. The molecule has 18 heavy (non-hydrogen) atoms. The number of benzene rings is 1. The number of hydrogen-bond donors (Lipinski definition) is 2. The van der Waals surface area contributed by atoms with E-state index in [1.165, 1.54) is 24.4 Å². The van der Waals surface area contributed by atoms with Crippen LogP contribution in [0, 0.1) is 12.7 Å². The van der Waals surface area contributed by atoms with Crippen molar-refractivity contribution < 1.29 is 9.18 Å². The Hall–Kier alpha value is -2.43. The smallest absolute Gasteiger partial charge is 0.255 e. The predicted molar refractivity (Wildman–Crippen MR) is 66.2 cm³/mol. The average molecular weight is 246 g/mol. The molecule has 0 bridgehead atoms. The van der Waals surface area contributed by atoms with Crippen LogP contribution in [0.1, 0.15) is 15.9 Å². The number of rotatable bonds is 2. The van der Waals surface area contributed by atoms with Gasteiger partial charge in [-0.1, -0.05) is 6.07 Å². The highest BCUT2D eigenvalue weighted by atomic mass is 19.1. The van der Waals surface area contributed by atoms with Gasteiger partial charge in [-0.15, -0.1) is 0 Å². The van der Waals surface area contributed by atoms with Gasteiger partial charge in [0.25, 0.3) is 5.91 Å². The van der Waals surface area contributed by atoms with Gasteiger partial charge in [0.1, 0.15) is 5.82 Å². The number of halogens is 1. The molecule has 2 rings (SSSR count). The molecule has 1 amide bonds. The molecule has 1 aromatic carbocycles. The van der Waals surface area contributed by atoms with E-state index < -0.39 is 11.7 Å². The predicted octanol–water partition coefficient (Wildman–Crippen LogP) is 2.07. The van der Waals surface area contributed by atoms with Crippen LogP contribution in [0.3, 0.4) is 0 Å². The van der Waals surface area contributed by atoms with Crippen molar-refractivity contribution in [1.82, 2.24) is 4.98 Å². The number of anilines is 1. The van der Waals surface area contributed by atoms with E-state index in [1.54, 1.807) is 13.0 Å². The fraction of sp³-hybridized carbons (Fsp3) is 0.0769. The number of carbonyl (C=O) groups is 1. The maximum absolute atomic E-state index is 13.5. The van der Waals surface area contributed by atoms with E-state index in [9.17, 15) is 14.0 Å². The van der Waals surface area contributed by atoms with Crippen LogP contribution >= 0.6 is 0 Å². The Morgan fingerprint density at radius 2 is 2.06 bits per heavy atom. The number of pyridine rings is 1. The zero-order valence-electron chi connectivity index (χ0n) is 9.66. The number of carbonyl (C=O) groups excluding carboxylic acids is 1. The molecule has 1 aromatic heterocycles. The molecule has 2 aromatic rings. The zero-order valence-corrected chi connectivity index (χ0v) is 9.66. The number of aryl methyl sites for hydroxylation is 1. The number of aromatic nitrogens is 1. The van der Waals surface area contributed by atoms with Crippen molar-refractivity contribution in [2.24, 2.45) is 0 Å². The van der Waals surface area contributed by atoms with Crippen LogP contribution in [-0.2, 0) is 0 Å². The van der Waals surface area contributed by atoms with Crippen LogP contribution in [-0.4, -0.2) is 10.9 Å². The van der Waals surface area contributed by atoms with Crippen LogP contribution in [0.4, 0.5) is 10.1 Å². The SMILES string of the molecule is Cc1ccc(NC(=O)c2cc[nH]c(=O)c2)c(F)c1. The average Bonchev–Trinajstić information content (AvgIpc) is 2.32. The van der Waals surface area contributed by atoms with Gasteiger partial charge in [-0.2, -0.15) is 0 Å². The topological polar surface area (TPSA) is 62.0 Å². The van der Waals surface area contributed by atoms with Crippen molar-refractivity contribution >= 4 is 11.6 Å². The molecular formula is C13H11FN2O2. The maximum atomic E-state index is 13.5. The molecule has 0 radical (unpaired) electrons. The van der Waals surface area contributed by atoms with Crippen molar-refractivity contribution in [3.63, 3.8) is 0 Å². The molecule has 0 unspecified atom stereocenters. The van der Waals surface area contributed by atoms with E-state index >= 15 is 0 Å². The molecule has 0 aliphatic carbocycles. The van der Waals surface area contributed by atoms with Gasteiger partial charge in [0, 0.05) is 17.8 Å². The summed E-state index contributed by atoms with van der Waals surface area (Å²) >= 11 is 0. The van der Waals surface area contributed by atoms with Crippen molar-refractivity contribution in [2.45, 2.75) is 6.92 Å². The highest BCUT2D eigenvalue weighted by Crippen LogP contribution is 2.15. The summed E-state index contributed by atoms with van der Waals surface area (Å²) < 4.78 is 13.5. The maximum Gasteiger partial charge on any atom is 0.255 e. The third-order valence-corrected chi connectivity index (χ3v) is 2.41. The van der Waals surface area contributed by atoms with E-state index in [1.807, 2.05) is 0 Å². The Kier molecular flexibility index (Phi) is 3.23. The van der Waals surface area contributed by atoms with Gasteiger partial charge in [0.2, 0.25) is 5.56 Å². The molecule has 1 heterocycles. The van der Waals surface area contributed by atoms with Gasteiger partial charge in [0.05, 0.1) is 5.69 Å². The number of H-pyrrole nitrogens is 1. The van der Waals surface area contributed by atoms with E-state index in [0.717, 1.165) is 11.6 Å². The third kappa shape index (κ3) is 2.63. The largest absolute Gasteiger partial charge is 0.329 e. The summed E-state index contributed by atoms with van der Waals surface area (Å²) in [5, 5.41) is 2.41. The first-order valence-electron chi connectivity index (χ1n) is 5.32. The molecule has 92 valence electrons.